The number of anilines is 1. The van der Waals surface area contributed by atoms with Gasteiger partial charge in [-0.1, -0.05) is 36.0 Å². The van der Waals surface area contributed by atoms with Crippen LogP contribution in [-0.4, -0.2) is 9.97 Å². The summed E-state index contributed by atoms with van der Waals surface area (Å²) in [5, 5.41) is 1.93. The molecule has 0 amide bonds. The minimum absolute atomic E-state index is 0.315. The van der Waals surface area contributed by atoms with Crippen LogP contribution in [0.3, 0.4) is 0 Å². The zero-order valence-electron chi connectivity index (χ0n) is 11.4. The summed E-state index contributed by atoms with van der Waals surface area (Å²) >= 11 is 1.62. The molecule has 3 nitrogen and oxygen atoms in total. The Morgan fingerprint density at radius 1 is 0.950 bits per heavy atom. The second-order valence-electron chi connectivity index (χ2n) is 4.75. The van der Waals surface area contributed by atoms with Crippen LogP contribution in [0, 0.1) is 13.8 Å². The van der Waals surface area contributed by atoms with E-state index in [-0.39, 0.29) is 0 Å². The van der Waals surface area contributed by atoms with E-state index in [2.05, 4.69) is 42.0 Å². The minimum atomic E-state index is 0.315. The van der Waals surface area contributed by atoms with Crippen molar-refractivity contribution in [2.45, 2.75) is 23.8 Å². The Kier molecular flexibility index (Phi) is 3.32. The van der Waals surface area contributed by atoms with E-state index in [0.717, 1.165) is 20.8 Å². The van der Waals surface area contributed by atoms with Crippen LogP contribution in [0.5, 0.6) is 0 Å². The molecule has 0 saturated heterocycles. The van der Waals surface area contributed by atoms with Gasteiger partial charge in [0.1, 0.15) is 5.03 Å². The molecule has 0 aliphatic rings. The zero-order chi connectivity index (χ0) is 14.1. The number of para-hydroxylation sites is 1. The predicted octanol–water partition coefficient (Wildman–Crippen LogP) is 3.98. The van der Waals surface area contributed by atoms with Crippen LogP contribution < -0.4 is 5.73 Å². The number of benzene rings is 2. The Labute approximate surface area is 122 Å². The summed E-state index contributed by atoms with van der Waals surface area (Å²) in [7, 11) is 0. The second-order valence-corrected chi connectivity index (χ2v) is 5.81. The Bertz CT molecular complexity index is 784. The van der Waals surface area contributed by atoms with Crippen LogP contribution in [0.15, 0.2) is 52.4 Å². The van der Waals surface area contributed by atoms with Gasteiger partial charge in [-0.2, -0.15) is 0 Å². The van der Waals surface area contributed by atoms with Crippen LogP contribution >= 0.6 is 11.8 Å². The van der Waals surface area contributed by atoms with Gasteiger partial charge in [0.25, 0.3) is 0 Å². The number of aromatic nitrogens is 2. The smallest absolute Gasteiger partial charge is 0.221 e. The summed E-state index contributed by atoms with van der Waals surface area (Å²) in [5.74, 6) is 0.315. The van der Waals surface area contributed by atoms with Gasteiger partial charge in [-0.05, 0) is 43.2 Å². The molecule has 0 unspecified atom stereocenters. The maximum absolute atomic E-state index is 5.80. The molecule has 0 bridgehead atoms. The molecule has 0 aliphatic carbocycles. The monoisotopic (exact) mass is 281 g/mol. The van der Waals surface area contributed by atoms with Crippen molar-refractivity contribution >= 4 is 28.6 Å². The summed E-state index contributed by atoms with van der Waals surface area (Å²) in [5.41, 5.74) is 9.25. The first-order valence-electron chi connectivity index (χ1n) is 6.41. The van der Waals surface area contributed by atoms with Crippen molar-refractivity contribution in [2.75, 3.05) is 5.73 Å². The molecule has 2 N–H and O–H groups in total. The van der Waals surface area contributed by atoms with Crippen molar-refractivity contribution in [3.05, 3.63) is 53.6 Å². The van der Waals surface area contributed by atoms with E-state index in [9.17, 15) is 0 Å². The highest BCUT2D eigenvalue weighted by Crippen LogP contribution is 2.32. The third kappa shape index (κ3) is 2.47. The van der Waals surface area contributed by atoms with Crippen molar-refractivity contribution in [1.29, 1.82) is 0 Å². The molecule has 1 aromatic heterocycles. The number of rotatable bonds is 2. The highest BCUT2D eigenvalue weighted by molar-refractivity contribution is 7.99. The number of hydrogen-bond donors (Lipinski definition) is 1. The summed E-state index contributed by atoms with van der Waals surface area (Å²) < 4.78 is 0. The van der Waals surface area contributed by atoms with Crippen LogP contribution in [0.2, 0.25) is 0 Å². The van der Waals surface area contributed by atoms with E-state index < -0.39 is 0 Å². The van der Waals surface area contributed by atoms with E-state index in [1.807, 2.05) is 24.3 Å². The molecule has 0 radical (unpaired) electrons. The van der Waals surface area contributed by atoms with Crippen molar-refractivity contribution in [3.63, 3.8) is 0 Å². The minimum Gasteiger partial charge on any atom is -0.368 e. The number of hydrogen-bond acceptors (Lipinski definition) is 4. The van der Waals surface area contributed by atoms with Gasteiger partial charge in [-0.3, -0.25) is 0 Å². The first-order chi connectivity index (χ1) is 9.63. The van der Waals surface area contributed by atoms with Gasteiger partial charge in [0.2, 0.25) is 5.95 Å². The first kappa shape index (κ1) is 12.9. The average Bonchev–Trinajstić information content (AvgIpc) is 2.43. The lowest BCUT2D eigenvalue weighted by Gasteiger charge is -2.07. The standard InChI is InChI=1S/C16H15N3S/c1-10-7-8-12(9-11(10)2)20-15-13-5-3-4-6-14(13)18-16(17)19-15/h3-9H,1-2H3,(H2,17,18,19). The molecule has 20 heavy (non-hydrogen) atoms. The van der Waals surface area contributed by atoms with Gasteiger partial charge >= 0.3 is 0 Å². The lowest BCUT2D eigenvalue weighted by atomic mass is 10.1. The summed E-state index contributed by atoms with van der Waals surface area (Å²) in [6.45, 7) is 4.23. The van der Waals surface area contributed by atoms with Gasteiger partial charge in [0.05, 0.1) is 5.52 Å². The Morgan fingerprint density at radius 3 is 2.55 bits per heavy atom. The Hall–Kier alpha value is -2.07. The predicted molar refractivity (Wildman–Crippen MR) is 84.0 cm³/mol. The van der Waals surface area contributed by atoms with Crippen molar-refractivity contribution < 1.29 is 0 Å². The molecule has 2 aromatic carbocycles. The number of nitrogen functional groups attached to an aromatic ring is 1. The summed E-state index contributed by atoms with van der Waals surface area (Å²) in [6.07, 6.45) is 0. The molecule has 3 aromatic rings. The number of nitrogens with zero attached hydrogens (tertiary/aromatic N) is 2. The average molecular weight is 281 g/mol. The van der Waals surface area contributed by atoms with Gasteiger partial charge in [-0.15, -0.1) is 0 Å². The van der Waals surface area contributed by atoms with E-state index in [1.54, 1.807) is 11.8 Å². The van der Waals surface area contributed by atoms with Crippen molar-refractivity contribution in [2.24, 2.45) is 0 Å². The Morgan fingerprint density at radius 2 is 1.75 bits per heavy atom. The number of aryl methyl sites for hydroxylation is 2. The molecule has 100 valence electrons. The highest BCUT2D eigenvalue weighted by Gasteiger charge is 2.08. The fraction of sp³-hybridized carbons (Fsp3) is 0.125. The number of fused-ring (bicyclic) bond motifs is 1. The molecule has 0 saturated carbocycles. The topological polar surface area (TPSA) is 51.8 Å². The second kappa shape index (κ2) is 5.13. The lowest BCUT2D eigenvalue weighted by Crippen LogP contribution is -1.97. The molecular formula is C16H15N3S. The maximum Gasteiger partial charge on any atom is 0.221 e. The maximum atomic E-state index is 5.80. The summed E-state index contributed by atoms with van der Waals surface area (Å²) in [6, 6.07) is 14.3. The molecular weight excluding hydrogens is 266 g/mol. The van der Waals surface area contributed by atoms with E-state index >= 15 is 0 Å². The normalized spacial score (nSPS) is 10.9. The first-order valence-corrected chi connectivity index (χ1v) is 7.22. The third-order valence-electron chi connectivity index (χ3n) is 3.28. The Balaban J connectivity index is 2.07. The lowest BCUT2D eigenvalue weighted by molar-refractivity contribution is 1.12. The van der Waals surface area contributed by atoms with Crippen LogP contribution in [0.4, 0.5) is 5.95 Å². The zero-order valence-corrected chi connectivity index (χ0v) is 12.2. The molecule has 0 aliphatic heterocycles. The fourth-order valence-electron chi connectivity index (χ4n) is 2.03. The SMILES string of the molecule is Cc1ccc(Sc2nc(N)nc3ccccc23)cc1C. The van der Waals surface area contributed by atoms with Crippen molar-refractivity contribution in [1.82, 2.24) is 9.97 Å². The third-order valence-corrected chi connectivity index (χ3v) is 4.27. The highest BCUT2D eigenvalue weighted by atomic mass is 32.2. The van der Waals surface area contributed by atoms with Crippen LogP contribution in [0.25, 0.3) is 10.9 Å². The molecule has 0 spiro atoms. The van der Waals surface area contributed by atoms with E-state index in [1.165, 1.54) is 11.1 Å². The number of nitrogens with two attached hydrogens (primary N) is 1. The van der Waals surface area contributed by atoms with Gasteiger partial charge in [0, 0.05) is 10.3 Å². The fourth-order valence-corrected chi connectivity index (χ4v) is 3.05. The van der Waals surface area contributed by atoms with Gasteiger partial charge < -0.3 is 5.73 Å². The molecule has 0 atom stereocenters. The van der Waals surface area contributed by atoms with E-state index in [4.69, 9.17) is 5.73 Å². The van der Waals surface area contributed by atoms with Gasteiger partial charge in [-0.25, -0.2) is 9.97 Å². The molecule has 0 fully saturated rings. The van der Waals surface area contributed by atoms with Crippen molar-refractivity contribution in [3.8, 4) is 0 Å². The van der Waals surface area contributed by atoms with E-state index in [0.29, 0.717) is 5.95 Å². The quantitative estimate of drug-likeness (QED) is 0.722. The van der Waals surface area contributed by atoms with Crippen LogP contribution in [-0.2, 0) is 0 Å². The van der Waals surface area contributed by atoms with Gasteiger partial charge in [0.15, 0.2) is 0 Å². The molecule has 4 heteroatoms. The molecule has 3 rings (SSSR count). The molecule has 1 heterocycles. The largest absolute Gasteiger partial charge is 0.368 e. The summed E-state index contributed by atoms with van der Waals surface area (Å²) in [4.78, 5) is 9.80. The van der Waals surface area contributed by atoms with Crippen LogP contribution in [0.1, 0.15) is 11.1 Å².